The highest BCUT2D eigenvalue weighted by Gasteiger charge is 2.17. The van der Waals surface area contributed by atoms with E-state index in [-0.39, 0.29) is 5.69 Å². The second kappa shape index (κ2) is 10.2. The van der Waals surface area contributed by atoms with E-state index in [9.17, 15) is 10.1 Å². The number of aromatic nitrogens is 1. The van der Waals surface area contributed by atoms with E-state index in [1.807, 2.05) is 48.5 Å². The molecular weight excluding hydrogens is 454 g/mol. The van der Waals surface area contributed by atoms with E-state index in [0.717, 1.165) is 44.0 Å². The Labute approximate surface area is 207 Å². The van der Waals surface area contributed by atoms with Gasteiger partial charge in [0.25, 0.3) is 5.69 Å². The van der Waals surface area contributed by atoms with Crippen LogP contribution in [0.1, 0.15) is 0 Å². The molecule has 0 fully saturated rings. The Kier molecular flexibility index (Phi) is 6.55. The lowest BCUT2D eigenvalue weighted by molar-refractivity contribution is -0.384. The normalized spacial score (nSPS) is 10.6. The molecule has 4 aromatic carbocycles. The molecule has 0 aliphatic carbocycles. The monoisotopic (exact) mass is 474 g/mol. The summed E-state index contributed by atoms with van der Waals surface area (Å²) in [6.45, 7) is 0. The standard InChI is InChI=1S/C29H20N3O2S/c33-32(34)25-11-13-26(14-12-25)35-31-29-27(22-7-3-1-4-8-22)19-24(21-15-17-30-18-16-21)20-28(29)23-9-5-2-6-10-23/h1-20H. The smallest absolute Gasteiger partial charge is 0.265 e. The fraction of sp³-hybridized carbons (Fsp3) is 0. The van der Waals surface area contributed by atoms with Crippen LogP contribution < -0.4 is 4.72 Å². The van der Waals surface area contributed by atoms with Crippen LogP contribution in [-0.4, -0.2) is 9.91 Å². The fourth-order valence-corrected chi connectivity index (χ4v) is 4.50. The van der Waals surface area contributed by atoms with Crippen molar-refractivity contribution < 1.29 is 4.92 Å². The number of hydrogen-bond acceptors (Lipinski definition) is 4. The Bertz CT molecular complexity index is 1380. The molecule has 0 aliphatic heterocycles. The van der Waals surface area contributed by atoms with Crippen LogP contribution in [0.15, 0.2) is 126 Å². The molecule has 35 heavy (non-hydrogen) atoms. The predicted octanol–water partition coefficient (Wildman–Crippen LogP) is 7.93. The van der Waals surface area contributed by atoms with E-state index in [4.69, 9.17) is 4.72 Å². The van der Waals surface area contributed by atoms with Crippen LogP contribution in [0.3, 0.4) is 0 Å². The average molecular weight is 475 g/mol. The molecule has 0 atom stereocenters. The van der Waals surface area contributed by atoms with Gasteiger partial charge >= 0.3 is 0 Å². The molecule has 0 spiro atoms. The van der Waals surface area contributed by atoms with Gasteiger partial charge < -0.3 is 0 Å². The van der Waals surface area contributed by atoms with E-state index >= 15 is 0 Å². The largest absolute Gasteiger partial charge is 0.269 e. The van der Waals surface area contributed by atoms with Crippen LogP contribution in [0.2, 0.25) is 0 Å². The van der Waals surface area contributed by atoms with Crippen molar-refractivity contribution in [1.82, 2.24) is 9.71 Å². The van der Waals surface area contributed by atoms with Gasteiger partial charge in [-0.1, -0.05) is 60.7 Å². The van der Waals surface area contributed by atoms with Crippen molar-refractivity contribution >= 4 is 23.3 Å². The van der Waals surface area contributed by atoms with Gasteiger partial charge in [0.15, 0.2) is 0 Å². The van der Waals surface area contributed by atoms with Crippen molar-refractivity contribution in [2.45, 2.75) is 4.90 Å². The minimum atomic E-state index is -0.398. The third kappa shape index (κ3) is 5.08. The summed E-state index contributed by atoms with van der Waals surface area (Å²) in [5.41, 5.74) is 7.19. The number of hydrogen-bond donors (Lipinski definition) is 0. The second-order valence-electron chi connectivity index (χ2n) is 7.82. The Hall–Kier alpha value is -4.42. The summed E-state index contributed by atoms with van der Waals surface area (Å²) in [4.78, 5) is 15.6. The average Bonchev–Trinajstić information content (AvgIpc) is 2.93. The quantitative estimate of drug-likeness (QED) is 0.136. The molecule has 5 nitrogen and oxygen atoms in total. The molecule has 0 amide bonds. The van der Waals surface area contributed by atoms with Crippen LogP contribution in [0.5, 0.6) is 0 Å². The lowest BCUT2D eigenvalue weighted by Gasteiger charge is -2.17. The van der Waals surface area contributed by atoms with Gasteiger partial charge in [0.1, 0.15) is 0 Å². The molecule has 1 aromatic heterocycles. The highest BCUT2D eigenvalue weighted by atomic mass is 32.2. The van der Waals surface area contributed by atoms with Gasteiger partial charge in [0.2, 0.25) is 0 Å². The molecular formula is C29H20N3O2S. The molecule has 1 heterocycles. The van der Waals surface area contributed by atoms with Crippen molar-refractivity contribution in [1.29, 1.82) is 0 Å². The van der Waals surface area contributed by atoms with Crippen LogP contribution >= 0.6 is 11.9 Å². The first-order valence-electron chi connectivity index (χ1n) is 11.0. The third-order valence-corrected chi connectivity index (χ3v) is 6.34. The first-order chi connectivity index (χ1) is 17.2. The molecule has 0 bridgehead atoms. The van der Waals surface area contributed by atoms with Crippen molar-refractivity contribution in [3.63, 3.8) is 0 Å². The number of nitro groups is 1. The van der Waals surface area contributed by atoms with Gasteiger partial charge in [-0.3, -0.25) is 15.1 Å². The van der Waals surface area contributed by atoms with Crippen molar-refractivity contribution in [3.05, 3.63) is 132 Å². The van der Waals surface area contributed by atoms with Gasteiger partial charge in [-0.05, 0) is 58.7 Å². The second-order valence-corrected chi connectivity index (χ2v) is 8.66. The van der Waals surface area contributed by atoms with Crippen LogP contribution in [-0.2, 0) is 0 Å². The van der Waals surface area contributed by atoms with Crippen LogP contribution in [0.25, 0.3) is 33.4 Å². The lowest BCUT2D eigenvalue weighted by atomic mass is 9.91. The first-order valence-corrected chi connectivity index (χ1v) is 11.8. The predicted molar refractivity (Wildman–Crippen MR) is 141 cm³/mol. The van der Waals surface area contributed by atoms with E-state index < -0.39 is 4.92 Å². The summed E-state index contributed by atoms with van der Waals surface area (Å²) in [6.07, 6.45) is 3.59. The third-order valence-electron chi connectivity index (χ3n) is 5.58. The zero-order valence-electron chi connectivity index (χ0n) is 18.6. The number of pyridine rings is 1. The molecule has 1 radical (unpaired) electrons. The minimum Gasteiger partial charge on any atom is -0.265 e. The summed E-state index contributed by atoms with van der Waals surface area (Å²) in [5.74, 6) is 0. The van der Waals surface area contributed by atoms with Crippen LogP contribution in [0.4, 0.5) is 11.4 Å². The number of non-ortho nitro benzene ring substituents is 1. The van der Waals surface area contributed by atoms with Crippen LogP contribution in [0, 0.1) is 10.1 Å². The summed E-state index contributed by atoms with van der Waals surface area (Å²) in [6, 6.07) is 35.2. The maximum atomic E-state index is 11.0. The Morgan fingerprint density at radius 2 is 1.20 bits per heavy atom. The maximum Gasteiger partial charge on any atom is 0.269 e. The Morgan fingerprint density at radius 3 is 1.71 bits per heavy atom. The molecule has 0 aliphatic rings. The number of rotatable bonds is 7. The molecule has 5 aromatic rings. The van der Waals surface area contributed by atoms with E-state index in [1.165, 1.54) is 24.1 Å². The fourth-order valence-electron chi connectivity index (χ4n) is 3.85. The summed E-state index contributed by atoms with van der Waals surface area (Å²) in [5, 5.41) is 11.0. The van der Waals surface area contributed by atoms with Crippen molar-refractivity contribution in [2.24, 2.45) is 0 Å². The highest BCUT2D eigenvalue weighted by molar-refractivity contribution is 7.97. The zero-order chi connectivity index (χ0) is 24.0. The summed E-state index contributed by atoms with van der Waals surface area (Å²) >= 11 is 1.31. The first kappa shape index (κ1) is 22.4. The van der Waals surface area contributed by atoms with E-state index in [1.54, 1.807) is 24.5 Å². The molecule has 0 unspecified atom stereocenters. The van der Waals surface area contributed by atoms with Gasteiger partial charge in [0.05, 0.1) is 10.6 Å². The number of benzene rings is 4. The summed E-state index contributed by atoms with van der Waals surface area (Å²) in [7, 11) is 0. The Balaban J connectivity index is 1.65. The molecule has 6 heteroatoms. The van der Waals surface area contributed by atoms with Crippen molar-refractivity contribution in [3.8, 4) is 33.4 Å². The topological polar surface area (TPSA) is 70.1 Å². The van der Waals surface area contributed by atoms with Crippen molar-refractivity contribution in [2.75, 3.05) is 0 Å². The highest BCUT2D eigenvalue weighted by Crippen LogP contribution is 2.43. The van der Waals surface area contributed by atoms with E-state index in [0.29, 0.717) is 0 Å². The molecule has 169 valence electrons. The van der Waals surface area contributed by atoms with E-state index in [2.05, 4.69) is 41.4 Å². The summed E-state index contributed by atoms with van der Waals surface area (Å²) < 4.78 is 4.97. The zero-order valence-corrected chi connectivity index (χ0v) is 19.4. The van der Waals surface area contributed by atoms with Gasteiger partial charge in [-0.15, -0.1) is 0 Å². The molecule has 0 saturated carbocycles. The molecule has 5 rings (SSSR count). The molecule has 0 saturated heterocycles. The van der Waals surface area contributed by atoms with Gasteiger partial charge in [0, 0.05) is 52.5 Å². The number of nitrogens with zero attached hydrogens (tertiary/aromatic N) is 3. The Morgan fingerprint density at radius 1 is 0.657 bits per heavy atom. The van der Waals surface area contributed by atoms with Gasteiger partial charge in [-0.25, -0.2) is 4.72 Å². The number of nitro benzene ring substituents is 1. The van der Waals surface area contributed by atoms with Gasteiger partial charge in [-0.2, -0.15) is 0 Å². The molecule has 0 N–H and O–H groups in total. The SMILES string of the molecule is O=[N+]([O-])c1ccc(S[N]c2c(-c3ccccc3)cc(-c3ccncc3)cc2-c2ccccc2)cc1. The maximum absolute atomic E-state index is 11.0. The lowest BCUT2D eigenvalue weighted by Crippen LogP contribution is -1.96. The minimum absolute atomic E-state index is 0.0611.